The first-order valence-electron chi connectivity index (χ1n) is 11.6. The van der Waals surface area contributed by atoms with Crippen LogP contribution in [0.5, 0.6) is 11.5 Å². The van der Waals surface area contributed by atoms with Crippen molar-refractivity contribution in [2.24, 2.45) is 5.92 Å². The Bertz CT molecular complexity index is 1770. The number of fused-ring (bicyclic) bond motifs is 6. The summed E-state index contributed by atoms with van der Waals surface area (Å²) in [6.07, 6.45) is 3.46. The predicted octanol–water partition coefficient (Wildman–Crippen LogP) is 4.80. The number of aliphatic hydroxyl groups is 1. The van der Waals surface area contributed by atoms with Crippen LogP contribution in [-0.2, 0) is 6.42 Å². The fourth-order valence-electron chi connectivity index (χ4n) is 5.03. The van der Waals surface area contributed by atoms with Crippen LogP contribution >= 0.6 is 0 Å². The lowest BCUT2D eigenvalue weighted by Crippen LogP contribution is -2.23. The van der Waals surface area contributed by atoms with E-state index >= 15 is 0 Å². The van der Waals surface area contributed by atoms with Crippen molar-refractivity contribution in [3.63, 3.8) is 0 Å². The Balaban J connectivity index is 1.46. The van der Waals surface area contributed by atoms with Crippen molar-refractivity contribution < 1.29 is 19.4 Å². The minimum absolute atomic E-state index is 0.234. The Morgan fingerprint density at radius 2 is 1.42 bits per heavy atom. The van der Waals surface area contributed by atoms with Crippen LogP contribution in [0.15, 0.2) is 60.9 Å². The first-order valence-corrected chi connectivity index (χ1v) is 11.6. The third kappa shape index (κ3) is 3.30. The van der Waals surface area contributed by atoms with Crippen molar-refractivity contribution in [2.75, 3.05) is 20.8 Å². The molecule has 0 spiro atoms. The molecule has 2 aromatic carbocycles. The molecule has 6 rings (SSSR count). The molecular weight excluding hydrogens is 456 g/mol. The van der Waals surface area contributed by atoms with E-state index in [0.29, 0.717) is 22.7 Å². The summed E-state index contributed by atoms with van der Waals surface area (Å²) in [5, 5.41) is 14.0. The number of carbonyl (C=O) groups is 1. The minimum atomic E-state index is -0.740. The van der Waals surface area contributed by atoms with Crippen molar-refractivity contribution in [3.8, 4) is 11.5 Å². The monoisotopic (exact) mass is 480 g/mol. The van der Waals surface area contributed by atoms with Gasteiger partial charge in [0.1, 0.15) is 17.2 Å². The van der Waals surface area contributed by atoms with E-state index in [2.05, 4.69) is 19.9 Å². The van der Waals surface area contributed by atoms with Crippen molar-refractivity contribution in [1.29, 1.82) is 0 Å². The van der Waals surface area contributed by atoms with E-state index < -0.39 is 5.92 Å². The molecule has 0 aliphatic rings. The molecule has 4 aromatic heterocycles. The summed E-state index contributed by atoms with van der Waals surface area (Å²) in [4.78, 5) is 29.5. The SMILES string of the molecule is COc1cnc(C[C@@H](CO)C(=O)c2ncc(OC)c3c2[nH]c2ccccc23)c2[nH]c3ccccc3c12. The third-order valence-electron chi connectivity index (χ3n) is 6.78. The molecule has 0 bridgehead atoms. The Morgan fingerprint density at radius 3 is 2.03 bits per heavy atom. The van der Waals surface area contributed by atoms with Gasteiger partial charge >= 0.3 is 0 Å². The molecule has 0 unspecified atom stereocenters. The summed E-state index contributed by atoms with van der Waals surface area (Å²) < 4.78 is 11.1. The molecular formula is C28H24N4O4. The zero-order valence-electron chi connectivity index (χ0n) is 19.8. The van der Waals surface area contributed by atoms with Crippen molar-refractivity contribution in [3.05, 3.63) is 72.3 Å². The molecule has 0 amide bonds. The minimum Gasteiger partial charge on any atom is -0.494 e. The van der Waals surface area contributed by atoms with Crippen molar-refractivity contribution in [2.45, 2.75) is 6.42 Å². The number of aliphatic hydroxyl groups excluding tert-OH is 1. The van der Waals surface area contributed by atoms with Gasteiger partial charge in [0.15, 0.2) is 5.78 Å². The highest BCUT2D eigenvalue weighted by Crippen LogP contribution is 2.37. The molecule has 3 N–H and O–H groups in total. The van der Waals surface area contributed by atoms with Gasteiger partial charge in [-0.15, -0.1) is 0 Å². The largest absolute Gasteiger partial charge is 0.494 e. The first-order chi connectivity index (χ1) is 17.6. The van der Waals surface area contributed by atoms with E-state index in [9.17, 15) is 9.90 Å². The summed E-state index contributed by atoms with van der Waals surface area (Å²) in [5.41, 5.74) is 4.16. The normalized spacial score (nSPS) is 12.5. The number of hydrogen-bond donors (Lipinski definition) is 3. The van der Waals surface area contributed by atoms with Crippen molar-refractivity contribution in [1.82, 2.24) is 19.9 Å². The molecule has 8 nitrogen and oxygen atoms in total. The van der Waals surface area contributed by atoms with Crippen LogP contribution in [0.1, 0.15) is 16.2 Å². The maximum absolute atomic E-state index is 13.8. The summed E-state index contributed by atoms with van der Waals surface area (Å²) >= 11 is 0. The van der Waals surface area contributed by atoms with E-state index in [1.54, 1.807) is 26.6 Å². The lowest BCUT2D eigenvalue weighted by Gasteiger charge is -2.15. The Labute approximate surface area is 205 Å². The van der Waals surface area contributed by atoms with Gasteiger partial charge in [-0.05, 0) is 12.1 Å². The summed E-state index contributed by atoms with van der Waals surface area (Å²) in [6, 6.07) is 15.7. The fourth-order valence-corrected chi connectivity index (χ4v) is 5.03. The number of carbonyl (C=O) groups excluding carboxylic acids is 1. The van der Waals surface area contributed by atoms with Gasteiger partial charge in [-0.25, -0.2) is 4.98 Å². The zero-order valence-corrected chi connectivity index (χ0v) is 19.8. The topological polar surface area (TPSA) is 113 Å². The number of aromatic nitrogens is 4. The lowest BCUT2D eigenvalue weighted by molar-refractivity contribution is 0.0856. The summed E-state index contributed by atoms with van der Waals surface area (Å²) in [6.45, 7) is -0.344. The van der Waals surface area contributed by atoms with E-state index in [1.165, 1.54) is 0 Å². The maximum Gasteiger partial charge on any atom is 0.189 e. The highest BCUT2D eigenvalue weighted by atomic mass is 16.5. The van der Waals surface area contributed by atoms with Gasteiger partial charge in [-0.2, -0.15) is 0 Å². The number of nitrogens with one attached hydrogen (secondary N) is 2. The highest BCUT2D eigenvalue weighted by Gasteiger charge is 2.27. The lowest BCUT2D eigenvalue weighted by atomic mass is 9.94. The molecule has 36 heavy (non-hydrogen) atoms. The summed E-state index contributed by atoms with van der Waals surface area (Å²) in [5.74, 6) is 0.223. The molecule has 0 fully saturated rings. The molecule has 6 aromatic rings. The molecule has 0 saturated carbocycles. The number of H-pyrrole nitrogens is 2. The number of para-hydroxylation sites is 2. The number of rotatable bonds is 7. The van der Waals surface area contributed by atoms with E-state index in [-0.39, 0.29) is 24.5 Å². The van der Waals surface area contributed by atoms with Gasteiger partial charge in [-0.1, -0.05) is 36.4 Å². The molecule has 0 aliphatic carbocycles. The number of nitrogens with zero attached hydrogens (tertiary/aromatic N) is 2. The van der Waals surface area contributed by atoms with Crippen molar-refractivity contribution >= 4 is 49.4 Å². The third-order valence-corrected chi connectivity index (χ3v) is 6.78. The molecule has 0 radical (unpaired) electrons. The number of methoxy groups -OCH3 is 2. The smallest absolute Gasteiger partial charge is 0.189 e. The van der Waals surface area contributed by atoms with E-state index in [4.69, 9.17) is 9.47 Å². The Kier molecular flexibility index (Phi) is 5.30. The molecule has 1 atom stereocenters. The average Bonchev–Trinajstić information content (AvgIpc) is 3.50. The predicted molar refractivity (Wildman–Crippen MR) is 139 cm³/mol. The number of hydrogen-bond acceptors (Lipinski definition) is 6. The first kappa shape index (κ1) is 22.1. The fraction of sp³-hybridized carbons (Fsp3) is 0.179. The van der Waals surface area contributed by atoms with Crippen LogP contribution < -0.4 is 9.47 Å². The Morgan fingerprint density at radius 1 is 0.861 bits per heavy atom. The van der Waals surface area contributed by atoms with Crippen LogP contribution in [0, 0.1) is 5.92 Å². The molecule has 4 heterocycles. The average molecular weight is 481 g/mol. The second kappa shape index (κ2) is 8.66. The van der Waals surface area contributed by atoms with Gasteiger partial charge in [-0.3, -0.25) is 9.78 Å². The number of ether oxygens (including phenoxy) is 2. The molecule has 0 saturated heterocycles. The number of pyridine rings is 2. The highest BCUT2D eigenvalue weighted by molar-refractivity contribution is 6.17. The molecule has 180 valence electrons. The van der Waals surface area contributed by atoms with Crippen LogP contribution in [0.2, 0.25) is 0 Å². The Hall–Kier alpha value is -4.43. The van der Waals surface area contributed by atoms with Crippen LogP contribution in [0.3, 0.4) is 0 Å². The molecule has 0 aliphatic heterocycles. The van der Waals surface area contributed by atoms with E-state index in [0.717, 1.165) is 38.1 Å². The second-order valence-corrected chi connectivity index (χ2v) is 8.74. The number of ketones is 1. The second-order valence-electron chi connectivity index (χ2n) is 8.74. The zero-order chi connectivity index (χ0) is 24.8. The maximum atomic E-state index is 13.8. The van der Waals surface area contributed by atoms with Crippen LogP contribution in [0.4, 0.5) is 0 Å². The quantitative estimate of drug-likeness (QED) is 0.283. The van der Waals surface area contributed by atoms with Gasteiger partial charge in [0.05, 0.1) is 66.6 Å². The van der Waals surface area contributed by atoms with Gasteiger partial charge in [0.25, 0.3) is 0 Å². The summed E-state index contributed by atoms with van der Waals surface area (Å²) in [7, 11) is 3.19. The van der Waals surface area contributed by atoms with Gasteiger partial charge in [0.2, 0.25) is 0 Å². The molecule has 8 heteroatoms. The standard InChI is InChI=1S/C28H24N4O4/c1-35-21-12-29-20(25-23(21)16-7-3-5-9-18(16)31-25)11-15(14-33)28(34)27-26-24(22(36-2)13-30-27)17-8-4-6-10-19(17)32-26/h3-10,12-13,15,31-33H,11,14H2,1-2H3/t15-/m0/s1. The van der Waals surface area contributed by atoms with E-state index in [1.807, 2.05) is 48.5 Å². The van der Waals surface area contributed by atoms with Crippen LogP contribution in [-0.4, -0.2) is 51.7 Å². The number of aromatic amines is 2. The number of benzene rings is 2. The van der Waals surface area contributed by atoms with Crippen LogP contribution in [0.25, 0.3) is 43.6 Å². The van der Waals surface area contributed by atoms with Gasteiger partial charge in [0, 0.05) is 28.2 Å². The van der Waals surface area contributed by atoms with Gasteiger partial charge < -0.3 is 24.5 Å². The number of Topliss-reactive ketones (excluding diaryl/α,β-unsaturated/α-hetero) is 1.